The molecule has 0 bridgehead atoms. The van der Waals surface area contributed by atoms with Crippen LogP contribution >= 0.6 is 0 Å². The van der Waals surface area contributed by atoms with Crippen LogP contribution in [0.1, 0.15) is 44.5 Å². The van der Waals surface area contributed by atoms with E-state index in [1.807, 2.05) is 33.8 Å². The minimum atomic E-state index is -3.64. The maximum atomic E-state index is 13.0. The maximum absolute atomic E-state index is 13.0. The van der Waals surface area contributed by atoms with Gasteiger partial charge in [-0.2, -0.15) is 9.57 Å². The van der Waals surface area contributed by atoms with Gasteiger partial charge in [-0.1, -0.05) is 27.7 Å². The Labute approximate surface area is 167 Å². The first-order valence-corrected chi connectivity index (χ1v) is 10.8. The first-order chi connectivity index (χ1) is 13.1. The molecule has 1 aromatic carbocycles. The fraction of sp³-hybridized carbons (Fsp3) is 0.500. The number of sulfonamides is 1. The highest BCUT2D eigenvalue weighted by molar-refractivity contribution is 7.89. The number of carbonyl (C=O) groups is 1. The predicted molar refractivity (Wildman–Crippen MR) is 106 cm³/mol. The molecule has 1 aliphatic heterocycles. The van der Waals surface area contributed by atoms with Crippen LogP contribution in [-0.2, 0) is 14.8 Å². The largest absolute Gasteiger partial charge is 0.478 e. The molecule has 152 valence electrons. The zero-order valence-electron chi connectivity index (χ0n) is 16.7. The van der Waals surface area contributed by atoms with Gasteiger partial charge in [0.15, 0.2) is 0 Å². The van der Waals surface area contributed by atoms with Gasteiger partial charge in [-0.25, -0.2) is 8.42 Å². The number of nitriles is 1. The molecule has 1 N–H and O–H groups in total. The van der Waals surface area contributed by atoms with E-state index in [2.05, 4.69) is 5.32 Å². The topological polar surface area (TPSA) is 99.5 Å². The van der Waals surface area contributed by atoms with Crippen LogP contribution in [0, 0.1) is 23.2 Å². The lowest BCUT2D eigenvalue weighted by atomic mass is 10.2. The quantitative estimate of drug-likeness (QED) is 0.717. The molecule has 1 heterocycles. The number of nitrogens with zero attached hydrogens (tertiary/aromatic N) is 2. The molecular weight excluding hydrogens is 378 g/mol. The van der Waals surface area contributed by atoms with Crippen LogP contribution in [0.4, 0.5) is 0 Å². The molecular formula is C20H27N3O4S. The second-order valence-corrected chi connectivity index (χ2v) is 9.54. The second-order valence-electron chi connectivity index (χ2n) is 7.61. The second kappa shape index (κ2) is 9.22. The number of rotatable bonds is 8. The third-order valence-corrected chi connectivity index (χ3v) is 5.97. The van der Waals surface area contributed by atoms with Gasteiger partial charge < -0.3 is 4.74 Å². The van der Waals surface area contributed by atoms with Gasteiger partial charge in [0.05, 0.1) is 17.1 Å². The highest BCUT2D eigenvalue weighted by atomic mass is 32.2. The number of carbonyl (C=O) groups excluding carboxylic acids is 1. The van der Waals surface area contributed by atoms with Gasteiger partial charge in [0, 0.05) is 25.1 Å². The number of nitrogens with one attached hydrogen (secondary N) is 1. The first kappa shape index (κ1) is 21.9. The van der Waals surface area contributed by atoms with Gasteiger partial charge in [-0.15, -0.1) is 0 Å². The van der Waals surface area contributed by atoms with Gasteiger partial charge in [0.1, 0.15) is 6.07 Å². The van der Waals surface area contributed by atoms with E-state index in [-0.39, 0.29) is 22.6 Å². The van der Waals surface area contributed by atoms with Gasteiger partial charge >= 0.3 is 0 Å². The summed E-state index contributed by atoms with van der Waals surface area (Å²) in [6.07, 6.45) is 0.463. The fourth-order valence-corrected chi connectivity index (χ4v) is 4.63. The van der Waals surface area contributed by atoms with E-state index in [1.165, 1.54) is 28.6 Å². The van der Waals surface area contributed by atoms with Crippen molar-refractivity contribution in [3.8, 4) is 6.07 Å². The Hall–Kier alpha value is -2.37. The van der Waals surface area contributed by atoms with Crippen LogP contribution in [0.3, 0.4) is 0 Å². The molecule has 0 spiro atoms. The van der Waals surface area contributed by atoms with E-state index in [9.17, 15) is 13.2 Å². The molecule has 0 saturated heterocycles. The number of amides is 1. The molecule has 1 amide bonds. The third-order valence-electron chi connectivity index (χ3n) is 4.13. The highest BCUT2D eigenvalue weighted by Gasteiger charge is 2.26. The summed E-state index contributed by atoms with van der Waals surface area (Å²) in [5, 5.41) is 11.6. The molecule has 8 heteroatoms. The van der Waals surface area contributed by atoms with E-state index in [4.69, 9.17) is 10.00 Å². The Morgan fingerprint density at radius 2 is 1.75 bits per heavy atom. The summed E-state index contributed by atoms with van der Waals surface area (Å²) in [5.74, 6) is 0.124. The Bertz CT molecular complexity index is 871. The minimum absolute atomic E-state index is 0.152. The summed E-state index contributed by atoms with van der Waals surface area (Å²) in [6.45, 7) is 9.14. The Morgan fingerprint density at radius 3 is 2.25 bits per heavy atom. The number of benzene rings is 1. The molecule has 2 rings (SSSR count). The van der Waals surface area contributed by atoms with Gasteiger partial charge in [0.25, 0.3) is 5.91 Å². The van der Waals surface area contributed by atoms with Crippen LogP contribution in [0.25, 0.3) is 0 Å². The van der Waals surface area contributed by atoms with Crippen molar-refractivity contribution < 1.29 is 17.9 Å². The smallest absolute Gasteiger partial charge is 0.257 e. The van der Waals surface area contributed by atoms with Crippen molar-refractivity contribution in [1.29, 1.82) is 5.26 Å². The van der Waals surface area contributed by atoms with Crippen molar-refractivity contribution in [1.82, 2.24) is 9.62 Å². The first-order valence-electron chi connectivity index (χ1n) is 9.32. The van der Waals surface area contributed by atoms with Crippen LogP contribution < -0.4 is 5.32 Å². The van der Waals surface area contributed by atoms with Gasteiger partial charge in [-0.3, -0.25) is 10.1 Å². The van der Waals surface area contributed by atoms with Crippen molar-refractivity contribution in [3.63, 3.8) is 0 Å². The normalized spacial score (nSPS) is 14.5. The van der Waals surface area contributed by atoms with Crippen molar-refractivity contribution in [2.75, 3.05) is 19.7 Å². The molecule has 28 heavy (non-hydrogen) atoms. The SMILES string of the molecule is CC(C)CN(CC(C)C)S(=O)(=O)c1ccc(C(=O)NC2=C(C#N)CCO2)cc1. The zero-order valence-corrected chi connectivity index (χ0v) is 17.5. The molecule has 0 saturated carbocycles. The number of hydrogen-bond donors (Lipinski definition) is 1. The van der Waals surface area contributed by atoms with Crippen molar-refractivity contribution in [3.05, 3.63) is 41.3 Å². The fourth-order valence-electron chi connectivity index (χ4n) is 2.86. The maximum Gasteiger partial charge on any atom is 0.257 e. The van der Waals surface area contributed by atoms with E-state index >= 15 is 0 Å². The molecule has 0 unspecified atom stereocenters. The third kappa shape index (κ3) is 5.33. The van der Waals surface area contributed by atoms with Crippen molar-refractivity contribution in [2.24, 2.45) is 11.8 Å². The lowest BCUT2D eigenvalue weighted by Crippen LogP contribution is -2.37. The molecule has 1 aromatic rings. The zero-order chi connectivity index (χ0) is 20.9. The summed E-state index contributed by atoms with van der Waals surface area (Å²) in [5.41, 5.74) is 0.684. The Morgan fingerprint density at radius 1 is 1.18 bits per heavy atom. The number of hydrogen-bond acceptors (Lipinski definition) is 5. The Balaban J connectivity index is 2.20. The average Bonchev–Trinajstić information content (AvgIpc) is 3.07. The number of ether oxygens (including phenoxy) is 1. The molecule has 0 aromatic heterocycles. The molecule has 0 fully saturated rings. The van der Waals surface area contributed by atoms with Gasteiger partial charge in [-0.05, 0) is 36.1 Å². The highest BCUT2D eigenvalue weighted by Crippen LogP contribution is 2.20. The molecule has 0 radical (unpaired) electrons. The van der Waals surface area contributed by atoms with Crippen LogP contribution in [0.15, 0.2) is 40.6 Å². The van der Waals surface area contributed by atoms with Crippen molar-refractivity contribution >= 4 is 15.9 Å². The van der Waals surface area contributed by atoms with Crippen LogP contribution in [-0.4, -0.2) is 38.3 Å². The van der Waals surface area contributed by atoms with Crippen LogP contribution in [0.2, 0.25) is 0 Å². The van der Waals surface area contributed by atoms with Crippen LogP contribution in [0.5, 0.6) is 0 Å². The molecule has 7 nitrogen and oxygen atoms in total. The average molecular weight is 406 g/mol. The van der Waals surface area contributed by atoms with E-state index in [1.54, 1.807) is 0 Å². The lowest BCUT2D eigenvalue weighted by molar-refractivity contribution is 0.0930. The molecule has 0 atom stereocenters. The standard InChI is InChI=1S/C20H27N3O4S/c1-14(2)12-23(13-15(3)4)28(25,26)18-7-5-16(6-8-18)19(24)22-20-17(11-21)9-10-27-20/h5-8,14-15H,9-10,12-13H2,1-4H3,(H,22,24). The van der Waals surface area contributed by atoms with E-state index in [0.29, 0.717) is 37.3 Å². The summed E-state index contributed by atoms with van der Waals surface area (Å²) in [6, 6.07) is 7.80. The summed E-state index contributed by atoms with van der Waals surface area (Å²) in [4.78, 5) is 12.5. The summed E-state index contributed by atoms with van der Waals surface area (Å²) in [7, 11) is -3.64. The lowest BCUT2D eigenvalue weighted by Gasteiger charge is -2.25. The monoisotopic (exact) mass is 405 g/mol. The van der Waals surface area contributed by atoms with E-state index in [0.717, 1.165) is 0 Å². The minimum Gasteiger partial charge on any atom is -0.478 e. The summed E-state index contributed by atoms with van der Waals surface area (Å²) >= 11 is 0. The van der Waals surface area contributed by atoms with Crippen molar-refractivity contribution in [2.45, 2.75) is 39.0 Å². The van der Waals surface area contributed by atoms with Gasteiger partial charge in [0.2, 0.25) is 15.9 Å². The predicted octanol–water partition coefficient (Wildman–Crippen LogP) is 2.87. The molecule has 0 aliphatic carbocycles. The summed E-state index contributed by atoms with van der Waals surface area (Å²) < 4.78 is 32.8. The van der Waals surface area contributed by atoms with E-state index < -0.39 is 15.9 Å². The Kier molecular flexibility index (Phi) is 7.22. The molecule has 1 aliphatic rings.